The van der Waals surface area contributed by atoms with E-state index in [4.69, 9.17) is 16.3 Å². The summed E-state index contributed by atoms with van der Waals surface area (Å²) in [5, 5.41) is 2.56. The number of nitrogens with one attached hydrogen (secondary N) is 1. The van der Waals surface area contributed by atoms with Crippen molar-refractivity contribution in [3.8, 4) is 0 Å². The van der Waals surface area contributed by atoms with Crippen LogP contribution < -0.4 is 5.32 Å². The van der Waals surface area contributed by atoms with Gasteiger partial charge >= 0.3 is 5.97 Å². The highest BCUT2D eigenvalue weighted by molar-refractivity contribution is 6.30. The highest BCUT2D eigenvalue weighted by Crippen LogP contribution is 2.19. The number of nitrogens with zero attached hydrogens (tertiary/aromatic N) is 2. The van der Waals surface area contributed by atoms with Gasteiger partial charge in [0.1, 0.15) is 5.82 Å². The first kappa shape index (κ1) is 16.8. The summed E-state index contributed by atoms with van der Waals surface area (Å²) in [6.45, 7) is -0.566. The average Bonchev–Trinajstić information content (AvgIpc) is 2.62. The van der Waals surface area contributed by atoms with Gasteiger partial charge in [0.2, 0.25) is 0 Å². The number of esters is 1. The summed E-state index contributed by atoms with van der Waals surface area (Å²) in [6, 6.07) is 8.40. The molecule has 0 unspecified atom stereocenters. The molecule has 3 aromatic rings. The lowest BCUT2D eigenvalue weighted by molar-refractivity contribution is -0.119. The van der Waals surface area contributed by atoms with Crippen molar-refractivity contribution in [3.63, 3.8) is 0 Å². The second-order valence-electron chi connectivity index (χ2n) is 5.01. The zero-order valence-corrected chi connectivity index (χ0v) is 13.5. The molecule has 0 spiro atoms. The number of hydrogen-bond donors (Lipinski definition) is 1. The lowest BCUT2D eigenvalue weighted by atomic mass is 10.2. The van der Waals surface area contributed by atoms with Gasteiger partial charge in [0.15, 0.2) is 6.61 Å². The highest BCUT2D eigenvalue weighted by Gasteiger charge is 2.13. The minimum atomic E-state index is -0.700. The normalized spacial score (nSPS) is 10.5. The van der Waals surface area contributed by atoms with Crippen LogP contribution >= 0.6 is 11.6 Å². The molecule has 126 valence electrons. The second kappa shape index (κ2) is 7.23. The standard InChI is InChI=1S/C17H11ClFN3O3/c18-11-2-3-12(19)14(8-11)22-16(23)9-25-17(24)10-1-4-13-15(7-10)21-6-5-20-13/h1-8H,9H2,(H,22,23). The smallest absolute Gasteiger partial charge is 0.338 e. The van der Waals surface area contributed by atoms with Gasteiger partial charge in [-0.2, -0.15) is 0 Å². The summed E-state index contributed by atoms with van der Waals surface area (Å²) in [4.78, 5) is 32.0. The number of ether oxygens (including phenoxy) is 1. The van der Waals surface area contributed by atoms with Gasteiger partial charge < -0.3 is 10.1 Å². The Balaban J connectivity index is 1.62. The fraction of sp³-hybridized carbons (Fsp3) is 0.0588. The molecule has 6 nitrogen and oxygen atoms in total. The first-order valence-electron chi connectivity index (χ1n) is 7.16. The first-order chi connectivity index (χ1) is 12.0. The molecular formula is C17H11ClFN3O3. The van der Waals surface area contributed by atoms with Crippen LogP contribution in [-0.4, -0.2) is 28.5 Å². The predicted molar refractivity (Wildman–Crippen MR) is 89.9 cm³/mol. The Kier molecular flexibility index (Phi) is 4.85. The molecule has 3 rings (SSSR count). The summed E-state index contributed by atoms with van der Waals surface area (Å²) in [5.74, 6) is -2.03. The molecule has 1 heterocycles. The summed E-state index contributed by atoms with van der Waals surface area (Å²) < 4.78 is 18.5. The maximum Gasteiger partial charge on any atom is 0.338 e. The van der Waals surface area contributed by atoms with E-state index in [1.54, 1.807) is 12.3 Å². The molecule has 0 bridgehead atoms. The molecule has 0 aliphatic heterocycles. The fourth-order valence-corrected chi connectivity index (χ4v) is 2.26. The Morgan fingerprint density at radius 1 is 1.08 bits per heavy atom. The number of fused-ring (bicyclic) bond motifs is 1. The number of halogens is 2. The monoisotopic (exact) mass is 359 g/mol. The van der Waals surface area contributed by atoms with E-state index >= 15 is 0 Å². The number of hydrogen-bond acceptors (Lipinski definition) is 5. The number of rotatable bonds is 4. The molecule has 0 atom stereocenters. The molecule has 0 radical (unpaired) electrons. The SMILES string of the molecule is O=C(COC(=O)c1ccc2nccnc2c1)Nc1cc(Cl)ccc1F. The van der Waals surface area contributed by atoms with Crippen LogP contribution in [0.1, 0.15) is 10.4 Å². The van der Waals surface area contributed by atoms with E-state index in [1.807, 2.05) is 0 Å². The molecule has 2 aromatic carbocycles. The molecule has 0 fully saturated rings. The van der Waals surface area contributed by atoms with Crippen LogP contribution in [0.5, 0.6) is 0 Å². The van der Waals surface area contributed by atoms with E-state index in [2.05, 4.69) is 15.3 Å². The van der Waals surface area contributed by atoms with Gasteiger partial charge in [0.05, 0.1) is 22.3 Å². The minimum absolute atomic E-state index is 0.0884. The molecule has 0 saturated heterocycles. The predicted octanol–water partition coefficient (Wildman–Crippen LogP) is 3.22. The van der Waals surface area contributed by atoms with Gasteiger partial charge in [-0.25, -0.2) is 9.18 Å². The topological polar surface area (TPSA) is 81.2 Å². The maximum absolute atomic E-state index is 13.5. The van der Waals surface area contributed by atoms with Crippen LogP contribution in [0, 0.1) is 5.82 Å². The second-order valence-corrected chi connectivity index (χ2v) is 5.44. The summed E-state index contributed by atoms with van der Waals surface area (Å²) in [7, 11) is 0. The van der Waals surface area contributed by atoms with Crippen LogP contribution in [0.25, 0.3) is 11.0 Å². The highest BCUT2D eigenvalue weighted by atomic mass is 35.5. The molecule has 1 N–H and O–H groups in total. The zero-order valence-electron chi connectivity index (χ0n) is 12.7. The maximum atomic E-state index is 13.5. The van der Waals surface area contributed by atoms with Crippen molar-refractivity contribution >= 4 is 40.2 Å². The quantitative estimate of drug-likeness (QED) is 0.723. The number of aromatic nitrogens is 2. The Morgan fingerprint density at radius 2 is 1.84 bits per heavy atom. The van der Waals surface area contributed by atoms with Crippen LogP contribution in [0.15, 0.2) is 48.8 Å². The third kappa shape index (κ3) is 4.07. The third-order valence-electron chi connectivity index (χ3n) is 3.24. The number of benzene rings is 2. The number of carbonyl (C=O) groups is 2. The van der Waals surface area contributed by atoms with Crippen LogP contribution in [0.3, 0.4) is 0 Å². The van der Waals surface area contributed by atoms with Gasteiger partial charge in [-0.15, -0.1) is 0 Å². The average molecular weight is 360 g/mol. The molecule has 0 aliphatic carbocycles. The van der Waals surface area contributed by atoms with Gasteiger partial charge in [-0.05, 0) is 36.4 Å². The van der Waals surface area contributed by atoms with E-state index in [9.17, 15) is 14.0 Å². The van der Waals surface area contributed by atoms with E-state index < -0.39 is 24.3 Å². The molecule has 0 saturated carbocycles. The number of amides is 1. The Bertz CT molecular complexity index is 965. The van der Waals surface area contributed by atoms with Gasteiger partial charge in [-0.1, -0.05) is 11.6 Å². The Hall–Kier alpha value is -3.06. The third-order valence-corrected chi connectivity index (χ3v) is 3.48. The summed E-state index contributed by atoms with van der Waals surface area (Å²) in [6.07, 6.45) is 3.05. The summed E-state index contributed by atoms with van der Waals surface area (Å²) in [5.41, 5.74) is 1.31. The summed E-state index contributed by atoms with van der Waals surface area (Å²) >= 11 is 5.74. The van der Waals surface area contributed by atoms with Gasteiger partial charge in [0.25, 0.3) is 5.91 Å². The van der Waals surface area contributed by atoms with Gasteiger partial charge in [-0.3, -0.25) is 14.8 Å². The fourth-order valence-electron chi connectivity index (χ4n) is 2.08. The van der Waals surface area contributed by atoms with Crippen LogP contribution in [-0.2, 0) is 9.53 Å². The first-order valence-corrected chi connectivity index (χ1v) is 7.53. The Morgan fingerprint density at radius 3 is 2.64 bits per heavy atom. The molecular weight excluding hydrogens is 349 g/mol. The van der Waals surface area contributed by atoms with Crippen LogP contribution in [0.2, 0.25) is 5.02 Å². The zero-order chi connectivity index (χ0) is 17.8. The minimum Gasteiger partial charge on any atom is -0.452 e. The molecule has 1 aromatic heterocycles. The van der Waals surface area contributed by atoms with E-state index in [0.717, 1.165) is 6.07 Å². The van der Waals surface area contributed by atoms with E-state index in [0.29, 0.717) is 11.0 Å². The van der Waals surface area contributed by atoms with E-state index in [-0.39, 0.29) is 16.3 Å². The van der Waals surface area contributed by atoms with Gasteiger partial charge in [0, 0.05) is 17.4 Å². The van der Waals surface area contributed by atoms with Crippen molar-refractivity contribution in [2.75, 3.05) is 11.9 Å². The van der Waals surface area contributed by atoms with Crippen molar-refractivity contribution in [2.24, 2.45) is 0 Å². The lowest BCUT2D eigenvalue weighted by Crippen LogP contribution is -2.21. The van der Waals surface area contributed by atoms with Crippen LogP contribution in [0.4, 0.5) is 10.1 Å². The number of anilines is 1. The molecule has 8 heteroatoms. The van der Waals surface area contributed by atoms with Crippen molar-refractivity contribution in [1.29, 1.82) is 0 Å². The van der Waals surface area contributed by atoms with E-state index in [1.165, 1.54) is 30.5 Å². The van der Waals surface area contributed by atoms with Crippen molar-refractivity contribution in [1.82, 2.24) is 9.97 Å². The van der Waals surface area contributed by atoms with Crippen molar-refractivity contribution in [3.05, 3.63) is 65.2 Å². The van der Waals surface area contributed by atoms with Crippen molar-refractivity contribution < 1.29 is 18.7 Å². The largest absolute Gasteiger partial charge is 0.452 e. The molecule has 0 aliphatic rings. The van der Waals surface area contributed by atoms with Crippen molar-refractivity contribution in [2.45, 2.75) is 0 Å². The molecule has 25 heavy (non-hydrogen) atoms. The number of carbonyl (C=O) groups excluding carboxylic acids is 2. The lowest BCUT2D eigenvalue weighted by Gasteiger charge is -2.08. The Labute approximate surface area is 146 Å². The molecule has 1 amide bonds.